The zero-order valence-corrected chi connectivity index (χ0v) is 18.2. The van der Waals surface area contributed by atoms with E-state index in [0.717, 1.165) is 25.1 Å². The van der Waals surface area contributed by atoms with E-state index in [2.05, 4.69) is 59.7 Å². The molecule has 1 atom stereocenters. The topological polar surface area (TPSA) is 51.2 Å². The molecule has 0 radical (unpaired) electrons. The number of benzene rings is 2. The fraction of sp³-hybridized carbons (Fsp3) is 0.280. The summed E-state index contributed by atoms with van der Waals surface area (Å²) >= 11 is 1.83. The molecule has 154 valence electrons. The lowest BCUT2D eigenvalue weighted by Gasteiger charge is -2.27. The SMILES string of the molecule is COC(=O)c1ccncc1NC[C@@H]1CCCc2cc(Sc3ccccc3C)ccc21. The Morgan fingerprint density at radius 3 is 2.93 bits per heavy atom. The van der Waals surface area contributed by atoms with Gasteiger partial charge in [-0.3, -0.25) is 4.98 Å². The highest BCUT2D eigenvalue weighted by Crippen LogP contribution is 2.37. The van der Waals surface area contributed by atoms with Crippen molar-refractivity contribution in [2.24, 2.45) is 0 Å². The first-order chi connectivity index (χ1) is 14.7. The Labute approximate surface area is 182 Å². The molecule has 1 N–H and O–H groups in total. The van der Waals surface area contributed by atoms with E-state index in [-0.39, 0.29) is 5.97 Å². The highest BCUT2D eigenvalue weighted by atomic mass is 32.2. The number of carbonyl (C=O) groups is 1. The van der Waals surface area contributed by atoms with E-state index < -0.39 is 0 Å². The minimum Gasteiger partial charge on any atom is -0.465 e. The number of carbonyl (C=O) groups excluding carboxylic acids is 1. The summed E-state index contributed by atoms with van der Waals surface area (Å²) in [5.74, 6) is 0.0683. The number of fused-ring (bicyclic) bond motifs is 1. The summed E-state index contributed by atoms with van der Waals surface area (Å²) in [6.07, 6.45) is 6.74. The number of hydrogen-bond donors (Lipinski definition) is 1. The molecule has 1 heterocycles. The van der Waals surface area contributed by atoms with Crippen LogP contribution in [0.5, 0.6) is 0 Å². The van der Waals surface area contributed by atoms with Gasteiger partial charge in [0.25, 0.3) is 0 Å². The number of pyridine rings is 1. The first kappa shape index (κ1) is 20.5. The van der Waals surface area contributed by atoms with Crippen molar-refractivity contribution in [2.45, 2.75) is 41.9 Å². The van der Waals surface area contributed by atoms with Crippen LogP contribution in [-0.2, 0) is 11.2 Å². The number of ether oxygens (including phenoxy) is 1. The molecule has 30 heavy (non-hydrogen) atoms. The van der Waals surface area contributed by atoms with Crippen LogP contribution in [0.3, 0.4) is 0 Å². The molecule has 3 aromatic rings. The molecular formula is C25H26N2O2S. The third-order valence-electron chi connectivity index (χ3n) is 5.64. The maximum atomic E-state index is 12.0. The maximum absolute atomic E-state index is 12.0. The molecule has 0 unspecified atom stereocenters. The minimum absolute atomic E-state index is 0.346. The quantitative estimate of drug-likeness (QED) is 0.508. The number of nitrogens with zero attached hydrogens (tertiary/aromatic N) is 1. The molecule has 4 rings (SSSR count). The largest absolute Gasteiger partial charge is 0.465 e. The number of methoxy groups -OCH3 is 1. The van der Waals surface area contributed by atoms with E-state index in [9.17, 15) is 4.79 Å². The Morgan fingerprint density at radius 2 is 2.10 bits per heavy atom. The zero-order valence-electron chi connectivity index (χ0n) is 17.4. The van der Waals surface area contributed by atoms with Gasteiger partial charge in [-0.1, -0.05) is 36.0 Å². The highest BCUT2D eigenvalue weighted by molar-refractivity contribution is 7.99. The Morgan fingerprint density at radius 1 is 1.23 bits per heavy atom. The first-order valence-electron chi connectivity index (χ1n) is 10.3. The van der Waals surface area contributed by atoms with E-state index in [1.165, 1.54) is 40.0 Å². The molecule has 4 nitrogen and oxygen atoms in total. The van der Waals surface area contributed by atoms with Crippen molar-refractivity contribution in [3.63, 3.8) is 0 Å². The average Bonchev–Trinajstić information content (AvgIpc) is 2.78. The number of anilines is 1. The van der Waals surface area contributed by atoms with Gasteiger partial charge in [0, 0.05) is 28.5 Å². The predicted octanol–water partition coefficient (Wildman–Crippen LogP) is 5.86. The van der Waals surface area contributed by atoms with Crippen molar-refractivity contribution >= 4 is 23.4 Å². The number of nitrogens with one attached hydrogen (secondary N) is 1. The van der Waals surface area contributed by atoms with Crippen molar-refractivity contribution in [3.05, 3.63) is 83.2 Å². The van der Waals surface area contributed by atoms with Gasteiger partial charge in [0.15, 0.2) is 0 Å². The summed E-state index contributed by atoms with van der Waals surface area (Å²) in [6, 6.07) is 17.1. The highest BCUT2D eigenvalue weighted by Gasteiger charge is 2.21. The van der Waals surface area contributed by atoms with Crippen molar-refractivity contribution in [1.29, 1.82) is 0 Å². The number of rotatable bonds is 6. The fourth-order valence-corrected chi connectivity index (χ4v) is 4.99. The van der Waals surface area contributed by atoms with Crippen LogP contribution in [-0.4, -0.2) is 24.6 Å². The predicted molar refractivity (Wildman–Crippen MR) is 121 cm³/mol. The second kappa shape index (κ2) is 9.35. The molecule has 0 bridgehead atoms. The van der Waals surface area contributed by atoms with Gasteiger partial charge in [0.2, 0.25) is 0 Å². The Hall–Kier alpha value is -2.79. The van der Waals surface area contributed by atoms with Crippen LogP contribution in [0.1, 0.15) is 45.8 Å². The lowest BCUT2D eigenvalue weighted by molar-refractivity contribution is 0.0601. The number of aryl methyl sites for hydroxylation is 2. The standard InChI is InChI=1S/C25H26N2O2S/c1-17-6-3-4-9-24(17)30-20-10-11-21-18(14-20)7-5-8-19(21)15-27-23-16-26-13-12-22(23)25(28)29-2/h3-4,6,9-14,16,19,27H,5,7-8,15H2,1-2H3/t19-/m0/s1. The first-order valence-corrected chi connectivity index (χ1v) is 11.1. The minimum atomic E-state index is -0.346. The van der Waals surface area contributed by atoms with Crippen LogP contribution in [0.4, 0.5) is 5.69 Å². The summed E-state index contributed by atoms with van der Waals surface area (Å²) in [7, 11) is 1.40. The second-order valence-electron chi connectivity index (χ2n) is 7.61. The van der Waals surface area contributed by atoms with Crippen molar-refractivity contribution < 1.29 is 9.53 Å². The Kier molecular flexibility index (Phi) is 6.38. The van der Waals surface area contributed by atoms with Gasteiger partial charge in [0.05, 0.1) is 24.6 Å². The lowest BCUT2D eigenvalue weighted by atomic mass is 9.83. The van der Waals surface area contributed by atoms with Gasteiger partial charge >= 0.3 is 5.97 Å². The third kappa shape index (κ3) is 4.51. The molecule has 5 heteroatoms. The normalized spacial score (nSPS) is 15.3. The van der Waals surface area contributed by atoms with Gasteiger partial charge in [-0.15, -0.1) is 0 Å². The smallest absolute Gasteiger partial charge is 0.340 e. The molecule has 0 spiro atoms. The van der Waals surface area contributed by atoms with Crippen molar-refractivity contribution in [2.75, 3.05) is 19.0 Å². The molecule has 1 aliphatic rings. The summed E-state index contributed by atoms with van der Waals surface area (Å²) in [4.78, 5) is 18.8. The van der Waals surface area contributed by atoms with Crippen LogP contribution in [0, 0.1) is 6.92 Å². The number of hydrogen-bond acceptors (Lipinski definition) is 5. The number of aromatic nitrogens is 1. The van der Waals surface area contributed by atoms with E-state index >= 15 is 0 Å². The average molecular weight is 419 g/mol. The Balaban J connectivity index is 1.50. The van der Waals surface area contributed by atoms with Gasteiger partial charge < -0.3 is 10.1 Å². The van der Waals surface area contributed by atoms with Crippen molar-refractivity contribution in [3.8, 4) is 0 Å². The van der Waals surface area contributed by atoms with E-state index in [0.29, 0.717) is 11.5 Å². The third-order valence-corrected chi connectivity index (χ3v) is 6.81. The summed E-state index contributed by atoms with van der Waals surface area (Å²) in [6.45, 7) is 2.93. The van der Waals surface area contributed by atoms with Crippen LogP contribution in [0.2, 0.25) is 0 Å². The molecular weight excluding hydrogens is 392 g/mol. The van der Waals surface area contributed by atoms with Gasteiger partial charge in [-0.05, 0) is 67.1 Å². The lowest BCUT2D eigenvalue weighted by Crippen LogP contribution is -2.19. The molecule has 0 fully saturated rings. The van der Waals surface area contributed by atoms with Crippen molar-refractivity contribution in [1.82, 2.24) is 4.98 Å². The van der Waals surface area contributed by atoms with Gasteiger partial charge in [-0.2, -0.15) is 0 Å². The molecule has 0 aliphatic heterocycles. The molecule has 0 saturated heterocycles. The molecule has 1 aliphatic carbocycles. The monoisotopic (exact) mass is 418 g/mol. The molecule has 0 saturated carbocycles. The van der Waals surface area contributed by atoms with E-state index in [1.807, 2.05) is 11.8 Å². The summed E-state index contributed by atoms with van der Waals surface area (Å²) in [5.41, 5.74) is 5.40. The molecule has 1 aromatic heterocycles. The van der Waals surface area contributed by atoms with Crippen LogP contribution in [0.25, 0.3) is 0 Å². The number of esters is 1. The van der Waals surface area contributed by atoms with Crippen LogP contribution < -0.4 is 5.32 Å². The van der Waals surface area contributed by atoms with Crippen LogP contribution >= 0.6 is 11.8 Å². The Bertz CT molecular complexity index is 1050. The summed E-state index contributed by atoms with van der Waals surface area (Å²) < 4.78 is 4.89. The molecule has 2 aromatic carbocycles. The maximum Gasteiger partial charge on any atom is 0.340 e. The zero-order chi connectivity index (χ0) is 20.9. The van der Waals surface area contributed by atoms with Gasteiger partial charge in [0.1, 0.15) is 0 Å². The van der Waals surface area contributed by atoms with E-state index in [1.54, 1.807) is 18.5 Å². The second-order valence-corrected chi connectivity index (χ2v) is 8.73. The fourth-order valence-electron chi connectivity index (χ4n) is 4.02. The molecule has 0 amide bonds. The van der Waals surface area contributed by atoms with E-state index in [4.69, 9.17) is 4.74 Å². The van der Waals surface area contributed by atoms with Gasteiger partial charge in [-0.25, -0.2) is 4.79 Å². The summed E-state index contributed by atoms with van der Waals surface area (Å²) in [5, 5.41) is 3.43. The van der Waals surface area contributed by atoms with Crippen LogP contribution in [0.15, 0.2) is 70.7 Å².